The topological polar surface area (TPSA) is 104 Å². The van der Waals surface area contributed by atoms with E-state index in [4.69, 9.17) is 33.4 Å². The zero-order valence-electron chi connectivity index (χ0n) is 14.9. The average Bonchev–Trinajstić information content (AvgIpc) is 3.22. The first-order valence-corrected chi connectivity index (χ1v) is 9.20. The Morgan fingerprint density at radius 2 is 1.86 bits per heavy atom. The highest BCUT2D eigenvalue weighted by Gasteiger charge is 2.67. The minimum Gasteiger partial charge on any atom is -0.425 e. The Morgan fingerprint density at radius 3 is 2.31 bits per heavy atom. The lowest BCUT2D eigenvalue weighted by atomic mass is 9.78. The van der Waals surface area contributed by atoms with E-state index in [1.165, 1.54) is 5.01 Å². The summed E-state index contributed by atoms with van der Waals surface area (Å²) >= 11 is 12.2. The zero-order chi connectivity index (χ0) is 21.2. The maximum Gasteiger partial charge on any atom is 0.416 e. The van der Waals surface area contributed by atoms with Crippen LogP contribution in [0.25, 0.3) is 0 Å². The maximum absolute atomic E-state index is 13.0. The Hall–Kier alpha value is -2.35. The Bertz CT molecular complexity index is 1050. The van der Waals surface area contributed by atoms with E-state index < -0.39 is 22.7 Å². The molecule has 29 heavy (non-hydrogen) atoms. The second-order valence-electron chi connectivity index (χ2n) is 7.08. The molecule has 1 aromatic heterocycles. The monoisotopic (exact) mass is 444 g/mol. The Balaban J connectivity index is 1.75. The fourth-order valence-corrected chi connectivity index (χ4v) is 4.31. The molecule has 1 fully saturated rings. The Kier molecular flexibility index (Phi) is 4.35. The largest absolute Gasteiger partial charge is 0.425 e. The third kappa shape index (κ3) is 2.96. The van der Waals surface area contributed by atoms with Crippen molar-refractivity contribution in [2.24, 2.45) is 10.8 Å². The van der Waals surface area contributed by atoms with Gasteiger partial charge in [-0.2, -0.15) is 23.5 Å². The summed E-state index contributed by atoms with van der Waals surface area (Å²) in [6.45, 7) is 1.60. The molecular weight excluding hydrogens is 432 g/mol. The number of nitrogens with zero attached hydrogens (tertiary/aromatic N) is 5. The molecule has 1 atom stereocenters. The lowest BCUT2D eigenvalue weighted by Crippen LogP contribution is -2.59. The fraction of sp³-hybridized carbons (Fsp3) is 0.412. The number of hydrazone groups is 1. The quantitative estimate of drug-likeness (QED) is 0.770. The summed E-state index contributed by atoms with van der Waals surface area (Å²) in [7, 11) is 0. The van der Waals surface area contributed by atoms with Crippen LogP contribution in [0.15, 0.2) is 21.7 Å². The third-order valence-electron chi connectivity index (χ3n) is 5.29. The molecule has 12 heteroatoms. The SMILES string of the molecule is Cc1nnc(C2(C3(N)CN(c4c(Cl)cc(C(F)(F)F)cc4Cl)N=C3C#N)CC2)o1. The zero-order valence-corrected chi connectivity index (χ0v) is 16.4. The van der Waals surface area contributed by atoms with Crippen LogP contribution in [0, 0.1) is 18.3 Å². The van der Waals surface area contributed by atoms with Gasteiger partial charge in [0.25, 0.3) is 0 Å². The molecule has 152 valence electrons. The van der Waals surface area contributed by atoms with Gasteiger partial charge in [0.2, 0.25) is 11.8 Å². The number of nitriles is 1. The lowest BCUT2D eigenvalue weighted by molar-refractivity contribution is -0.137. The summed E-state index contributed by atoms with van der Waals surface area (Å²) in [5.74, 6) is 0.654. The van der Waals surface area contributed by atoms with Gasteiger partial charge < -0.3 is 10.2 Å². The summed E-state index contributed by atoms with van der Waals surface area (Å²) in [4.78, 5) is 0. The van der Waals surface area contributed by atoms with E-state index in [0.717, 1.165) is 12.1 Å². The van der Waals surface area contributed by atoms with E-state index in [0.29, 0.717) is 24.6 Å². The number of nitrogens with two attached hydrogens (primary N) is 1. The van der Waals surface area contributed by atoms with Crippen LogP contribution in [-0.2, 0) is 11.6 Å². The van der Waals surface area contributed by atoms with Crippen LogP contribution < -0.4 is 10.7 Å². The smallest absolute Gasteiger partial charge is 0.416 e. The molecule has 0 radical (unpaired) electrons. The highest BCUT2D eigenvalue weighted by Crippen LogP contribution is 2.57. The van der Waals surface area contributed by atoms with Crippen LogP contribution in [0.2, 0.25) is 10.0 Å². The predicted molar refractivity (Wildman–Crippen MR) is 98.7 cm³/mol. The molecular formula is C17H13Cl2F3N6O. The molecule has 2 N–H and O–H groups in total. The fourth-order valence-electron chi connectivity index (χ4n) is 3.63. The summed E-state index contributed by atoms with van der Waals surface area (Å²) < 4.78 is 44.6. The van der Waals surface area contributed by atoms with Crippen molar-refractivity contribution in [1.82, 2.24) is 10.2 Å². The first-order chi connectivity index (χ1) is 13.5. The van der Waals surface area contributed by atoms with Gasteiger partial charge in [0.15, 0.2) is 5.71 Å². The number of anilines is 1. The molecule has 0 saturated heterocycles. The highest BCUT2D eigenvalue weighted by molar-refractivity contribution is 6.39. The Labute approximate surface area is 172 Å². The number of hydrogen-bond donors (Lipinski definition) is 1. The van der Waals surface area contributed by atoms with E-state index in [9.17, 15) is 18.4 Å². The molecule has 1 saturated carbocycles. The van der Waals surface area contributed by atoms with E-state index in [-0.39, 0.29) is 28.0 Å². The highest BCUT2D eigenvalue weighted by atomic mass is 35.5. The van der Waals surface area contributed by atoms with Crippen LogP contribution in [0.1, 0.15) is 30.2 Å². The summed E-state index contributed by atoms with van der Waals surface area (Å²) in [5.41, 5.74) is 3.59. The summed E-state index contributed by atoms with van der Waals surface area (Å²) in [6, 6.07) is 3.50. The number of benzene rings is 1. The van der Waals surface area contributed by atoms with Crippen LogP contribution in [0.3, 0.4) is 0 Å². The molecule has 0 spiro atoms. The molecule has 1 aromatic carbocycles. The molecule has 0 amide bonds. The van der Waals surface area contributed by atoms with Gasteiger partial charge >= 0.3 is 6.18 Å². The van der Waals surface area contributed by atoms with Crippen LogP contribution in [-0.4, -0.2) is 28.0 Å². The van der Waals surface area contributed by atoms with Crippen molar-refractivity contribution in [3.8, 4) is 6.07 Å². The normalized spacial score (nSPS) is 23.1. The molecule has 2 aliphatic rings. The van der Waals surface area contributed by atoms with E-state index in [2.05, 4.69) is 15.3 Å². The van der Waals surface area contributed by atoms with Crippen LogP contribution in [0.5, 0.6) is 0 Å². The van der Waals surface area contributed by atoms with Crippen molar-refractivity contribution in [2.75, 3.05) is 11.6 Å². The van der Waals surface area contributed by atoms with Crippen LogP contribution >= 0.6 is 23.2 Å². The van der Waals surface area contributed by atoms with Crippen molar-refractivity contribution in [1.29, 1.82) is 5.26 Å². The van der Waals surface area contributed by atoms with Crippen molar-refractivity contribution in [3.05, 3.63) is 39.5 Å². The second kappa shape index (κ2) is 6.32. The number of aryl methyl sites for hydroxylation is 1. The number of rotatable bonds is 3. The molecule has 7 nitrogen and oxygen atoms in total. The van der Waals surface area contributed by atoms with E-state index in [1.54, 1.807) is 6.92 Å². The van der Waals surface area contributed by atoms with Gasteiger partial charge in [0, 0.05) is 6.92 Å². The molecule has 2 aromatic rings. The first kappa shape index (κ1) is 19.9. The number of alkyl halides is 3. The molecule has 0 bridgehead atoms. The van der Waals surface area contributed by atoms with Crippen molar-refractivity contribution >= 4 is 34.6 Å². The van der Waals surface area contributed by atoms with Gasteiger partial charge in [-0.05, 0) is 25.0 Å². The van der Waals surface area contributed by atoms with Gasteiger partial charge in [-0.1, -0.05) is 23.2 Å². The van der Waals surface area contributed by atoms with Crippen molar-refractivity contribution < 1.29 is 17.6 Å². The third-order valence-corrected chi connectivity index (χ3v) is 5.87. The predicted octanol–water partition coefficient (Wildman–Crippen LogP) is 3.83. The minimum absolute atomic E-state index is 0.0158. The van der Waals surface area contributed by atoms with Crippen molar-refractivity contribution in [3.63, 3.8) is 0 Å². The molecule has 1 unspecified atom stereocenters. The number of aromatic nitrogens is 2. The lowest BCUT2D eigenvalue weighted by Gasteiger charge is -2.31. The molecule has 1 aliphatic carbocycles. The Morgan fingerprint density at radius 1 is 1.24 bits per heavy atom. The van der Waals surface area contributed by atoms with E-state index >= 15 is 0 Å². The van der Waals surface area contributed by atoms with Crippen molar-refractivity contribution in [2.45, 2.75) is 36.9 Å². The number of halogens is 5. The number of hydrogen-bond acceptors (Lipinski definition) is 7. The standard InChI is InChI=1S/C17H13Cl2F3N6O/c1-8-25-26-14(29-8)15(2-3-15)16(24)7-28(27-12(16)6-23)13-10(18)4-9(5-11(13)19)17(20,21)22/h4-5H,2-3,7,24H2,1H3. The first-order valence-electron chi connectivity index (χ1n) is 8.44. The van der Waals surface area contributed by atoms with Gasteiger partial charge in [-0.15, -0.1) is 10.2 Å². The van der Waals surface area contributed by atoms with Gasteiger partial charge in [-0.3, -0.25) is 5.01 Å². The van der Waals surface area contributed by atoms with Gasteiger partial charge in [-0.25, -0.2) is 0 Å². The summed E-state index contributed by atoms with van der Waals surface area (Å²) in [6.07, 6.45) is -3.42. The second-order valence-corrected chi connectivity index (χ2v) is 7.90. The molecule has 2 heterocycles. The van der Waals surface area contributed by atoms with Crippen LogP contribution in [0.4, 0.5) is 18.9 Å². The minimum atomic E-state index is -4.61. The molecule has 1 aliphatic heterocycles. The summed E-state index contributed by atoms with van der Waals surface area (Å²) in [5, 5.41) is 22.5. The maximum atomic E-state index is 13.0. The van der Waals surface area contributed by atoms with Gasteiger partial charge in [0.1, 0.15) is 11.6 Å². The van der Waals surface area contributed by atoms with Gasteiger partial charge in [0.05, 0.1) is 33.3 Å². The molecule has 4 rings (SSSR count). The average molecular weight is 445 g/mol. The van der Waals surface area contributed by atoms with E-state index in [1.807, 2.05) is 6.07 Å².